The van der Waals surface area contributed by atoms with E-state index in [1.54, 1.807) is 0 Å². The third-order valence-corrected chi connectivity index (χ3v) is 4.81. The van der Waals surface area contributed by atoms with E-state index in [0.717, 1.165) is 25.1 Å². The van der Waals surface area contributed by atoms with E-state index in [-0.39, 0.29) is 18.1 Å². The van der Waals surface area contributed by atoms with Gasteiger partial charge >= 0.3 is 6.03 Å². The van der Waals surface area contributed by atoms with Crippen LogP contribution in [0.2, 0.25) is 0 Å². The van der Waals surface area contributed by atoms with Crippen molar-refractivity contribution in [3.8, 4) is 0 Å². The molecule has 0 aliphatic carbocycles. The molecule has 2 aromatic rings. The second-order valence-corrected chi connectivity index (χ2v) is 6.59. The van der Waals surface area contributed by atoms with Crippen LogP contribution in [-0.2, 0) is 4.74 Å². The number of urea groups is 1. The molecule has 1 aliphatic heterocycles. The minimum absolute atomic E-state index is 0.0485. The summed E-state index contributed by atoms with van der Waals surface area (Å²) in [6.07, 6.45) is 2.13. The van der Waals surface area contributed by atoms with Crippen LogP contribution in [0.25, 0.3) is 0 Å². The molecule has 0 spiro atoms. The number of aryl methyl sites for hydroxylation is 1. The number of anilines is 1. The van der Waals surface area contributed by atoms with E-state index in [9.17, 15) is 4.79 Å². The van der Waals surface area contributed by atoms with Crippen LogP contribution in [0, 0.1) is 12.8 Å². The lowest BCUT2D eigenvalue weighted by molar-refractivity contribution is -0.0268. The highest BCUT2D eigenvalue weighted by Gasteiger charge is 2.27. The number of hydrogen-bond acceptors (Lipinski definition) is 4. The lowest BCUT2D eigenvalue weighted by Crippen LogP contribution is -2.37. The fourth-order valence-electron chi connectivity index (χ4n) is 2.84. The quantitative estimate of drug-likeness (QED) is 0.897. The van der Waals surface area contributed by atoms with Gasteiger partial charge in [0.05, 0.1) is 11.8 Å². The van der Waals surface area contributed by atoms with Crippen LogP contribution in [0.4, 0.5) is 9.93 Å². The molecule has 2 amide bonds. The summed E-state index contributed by atoms with van der Waals surface area (Å²) in [6.45, 7) is 3.28. The number of aromatic nitrogens is 1. The summed E-state index contributed by atoms with van der Waals surface area (Å²) in [5.74, 6) is 0.287. The monoisotopic (exact) mass is 331 g/mol. The third-order valence-electron chi connectivity index (χ3n) is 3.94. The summed E-state index contributed by atoms with van der Waals surface area (Å²) in [6, 6.07) is 10.0. The molecule has 2 atom stereocenters. The van der Waals surface area contributed by atoms with Gasteiger partial charge < -0.3 is 10.1 Å². The van der Waals surface area contributed by atoms with Gasteiger partial charge in [-0.15, -0.1) is 11.3 Å². The maximum atomic E-state index is 12.0. The molecular formula is C17H21N3O2S. The van der Waals surface area contributed by atoms with E-state index < -0.39 is 0 Å². The number of thiazole rings is 1. The Kier molecular flexibility index (Phi) is 5.25. The summed E-state index contributed by atoms with van der Waals surface area (Å²) in [4.78, 5) is 16.2. The maximum absolute atomic E-state index is 12.0. The van der Waals surface area contributed by atoms with E-state index in [0.29, 0.717) is 11.7 Å². The van der Waals surface area contributed by atoms with Gasteiger partial charge in [-0.2, -0.15) is 0 Å². The predicted octanol–water partition coefficient (Wildman–Crippen LogP) is 3.74. The molecule has 0 bridgehead atoms. The molecule has 1 aromatic carbocycles. The van der Waals surface area contributed by atoms with Crippen LogP contribution in [0.3, 0.4) is 0 Å². The molecule has 122 valence electrons. The van der Waals surface area contributed by atoms with Crippen molar-refractivity contribution in [2.24, 2.45) is 5.92 Å². The number of hydrogen-bond donors (Lipinski definition) is 2. The van der Waals surface area contributed by atoms with Gasteiger partial charge in [-0.05, 0) is 25.3 Å². The Balaban J connectivity index is 1.56. The van der Waals surface area contributed by atoms with Gasteiger partial charge in [0.2, 0.25) is 0 Å². The van der Waals surface area contributed by atoms with Crippen LogP contribution in [-0.4, -0.2) is 24.2 Å². The number of carbonyl (C=O) groups excluding carboxylic acids is 1. The third kappa shape index (κ3) is 4.30. The Labute approximate surface area is 140 Å². The zero-order valence-corrected chi connectivity index (χ0v) is 13.9. The summed E-state index contributed by atoms with van der Waals surface area (Å²) >= 11 is 1.43. The number of benzene rings is 1. The molecule has 3 rings (SSSR count). The fourth-order valence-corrected chi connectivity index (χ4v) is 3.52. The van der Waals surface area contributed by atoms with Gasteiger partial charge in [0.25, 0.3) is 0 Å². The van der Waals surface area contributed by atoms with Gasteiger partial charge in [0.1, 0.15) is 0 Å². The molecule has 1 saturated heterocycles. The van der Waals surface area contributed by atoms with Crippen LogP contribution in [0.15, 0.2) is 35.7 Å². The van der Waals surface area contributed by atoms with Gasteiger partial charge in [-0.25, -0.2) is 9.78 Å². The number of nitrogens with one attached hydrogen (secondary N) is 2. The summed E-state index contributed by atoms with van der Waals surface area (Å²) in [7, 11) is 0. The molecular weight excluding hydrogens is 310 g/mol. The van der Waals surface area contributed by atoms with Crippen molar-refractivity contribution in [3.63, 3.8) is 0 Å². The number of nitrogens with zero attached hydrogens (tertiary/aromatic N) is 1. The molecule has 2 heterocycles. The normalized spacial score (nSPS) is 20.9. The average Bonchev–Trinajstić information content (AvgIpc) is 2.99. The maximum Gasteiger partial charge on any atom is 0.321 e. The van der Waals surface area contributed by atoms with Crippen LogP contribution in [0.1, 0.15) is 30.2 Å². The molecule has 1 aromatic heterocycles. The van der Waals surface area contributed by atoms with E-state index >= 15 is 0 Å². The Morgan fingerprint density at radius 3 is 2.96 bits per heavy atom. The Morgan fingerprint density at radius 1 is 1.39 bits per heavy atom. The van der Waals surface area contributed by atoms with Crippen LogP contribution in [0.5, 0.6) is 0 Å². The van der Waals surface area contributed by atoms with Crippen molar-refractivity contribution in [1.29, 1.82) is 0 Å². The second-order valence-electron chi connectivity index (χ2n) is 5.73. The minimum atomic E-state index is -0.211. The van der Waals surface area contributed by atoms with E-state index in [1.165, 1.54) is 16.9 Å². The first-order chi connectivity index (χ1) is 11.2. The fraction of sp³-hybridized carbons (Fsp3) is 0.412. The number of rotatable bonds is 4. The predicted molar refractivity (Wildman–Crippen MR) is 91.7 cm³/mol. The van der Waals surface area contributed by atoms with Crippen molar-refractivity contribution >= 4 is 22.5 Å². The van der Waals surface area contributed by atoms with Gasteiger partial charge in [0.15, 0.2) is 5.13 Å². The minimum Gasteiger partial charge on any atom is -0.373 e. The first-order valence-corrected chi connectivity index (χ1v) is 8.74. The van der Waals surface area contributed by atoms with Crippen LogP contribution < -0.4 is 10.6 Å². The number of ether oxygens (including phenoxy) is 1. The van der Waals surface area contributed by atoms with Gasteiger partial charge in [-0.3, -0.25) is 5.32 Å². The summed E-state index contributed by atoms with van der Waals surface area (Å²) in [5.41, 5.74) is 2.09. The van der Waals surface area contributed by atoms with Crippen molar-refractivity contribution in [2.45, 2.75) is 25.9 Å². The van der Waals surface area contributed by atoms with E-state index in [4.69, 9.17) is 4.74 Å². The van der Waals surface area contributed by atoms with Gasteiger partial charge in [-0.1, -0.05) is 30.3 Å². The SMILES string of the molecule is Cc1csc(NC(=O)NC[C@@H]2CCCO[C@H]2c2ccccc2)n1. The Morgan fingerprint density at radius 2 is 2.22 bits per heavy atom. The Hall–Kier alpha value is -1.92. The van der Waals surface area contributed by atoms with E-state index in [2.05, 4.69) is 27.8 Å². The summed E-state index contributed by atoms with van der Waals surface area (Å²) < 4.78 is 5.95. The molecule has 1 fully saturated rings. The highest BCUT2D eigenvalue weighted by Crippen LogP contribution is 2.33. The van der Waals surface area contributed by atoms with Gasteiger partial charge in [0, 0.05) is 24.4 Å². The van der Waals surface area contributed by atoms with Crippen molar-refractivity contribution < 1.29 is 9.53 Å². The zero-order valence-electron chi connectivity index (χ0n) is 13.1. The molecule has 0 unspecified atom stereocenters. The molecule has 1 aliphatic rings. The molecule has 2 N–H and O–H groups in total. The first kappa shape index (κ1) is 16.0. The lowest BCUT2D eigenvalue weighted by Gasteiger charge is -2.32. The highest BCUT2D eigenvalue weighted by molar-refractivity contribution is 7.13. The highest BCUT2D eigenvalue weighted by atomic mass is 32.1. The average molecular weight is 331 g/mol. The lowest BCUT2D eigenvalue weighted by atomic mass is 9.89. The Bertz CT molecular complexity index is 644. The standard InChI is InChI=1S/C17H21N3O2S/c1-12-11-23-17(19-12)20-16(21)18-10-14-8-5-9-22-15(14)13-6-3-2-4-7-13/h2-4,6-7,11,14-15H,5,8-10H2,1H3,(H2,18,19,20,21)/t14-,15-/m0/s1. The zero-order chi connectivity index (χ0) is 16.1. The molecule has 6 heteroatoms. The number of carbonyl (C=O) groups is 1. The van der Waals surface area contributed by atoms with Crippen LogP contribution >= 0.6 is 11.3 Å². The molecule has 0 saturated carbocycles. The molecule has 23 heavy (non-hydrogen) atoms. The number of amides is 2. The van der Waals surface area contributed by atoms with Crippen molar-refractivity contribution in [3.05, 3.63) is 47.0 Å². The van der Waals surface area contributed by atoms with Crippen molar-refractivity contribution in [1.82, 2.24) is 10.3 Å². The topological polar surface area (TPSA) is 63.2 Å². The molecule has 0 radical (unpaired) electrons. The second kappa shape index (κ2) is 7.57. The summed E-state index contributed by atoms with van der Waals surface area (Å²) in [5, 5.41) is 8.26. The van der Waals surface area contributed by atoms with E-state index in [1.807, 2.05) is 30.5 Å². The smallest absolute Gasteiger partial charge is 0.321 e. The molecule has 5 nitrogen and oxygen atoms in total. The largest absolute Gasteiger partial charge is 0.373 e. The van der Waals surface area contributed by atoms with Crippen molar-refractivity contribution in [2.75, 3.05) is 18.5 Å². The first-order valence-electron chi connectivity index (χ1n) is 7.86.